The molecule has 0 atom stereocenters. The third-order valence-electron chi connectivity index (χ3n) is 0.888. The van der Waals surface area contributed by atoms with Gasteiger partial charge in [0.15, 0.2) is 5.12 Å². The molecule has 4 heteroatoms. The first kappa shape index (κ1) is 9.88. The van der Waals surface area contributed by atoms with E-state index in [1.165, 1.54) is 0 Å². The van der Waals surface area contributed by atoms with E-state index in [1.807, 2.05) is 0 Å². The lowest BCUT2D eigenvalue weighted by atomic mass is 10.5. The number of halogens is 2. The first-order valence-corrected chi connectivity index (χ1v) is 4.09. The van der Waals surface area contributed by atoms with E-state index in [2.05, 4.69) is 0 Å². The van der Waals surface area contributed by atoms with E-state index >= 15 is 0 Å². The lowest BCUT2D eigenvalue weighted by Gasteiger charge is -1.96. The van der Waals surface area contributed by atoms with Crippen molar-refractivity contribution in [3.63, 3.8) is 0 Å². The van der Waals surface area contributed by atoms with Gasteiger partial charge in [0, 0.05) is 18.6 Å². The topological polar surface area (TPSA) is 17.1 Å². The summed E-state index contributed by atoms with van der Waals surface area (Å²) in [4.78, 5) is 10.5. The number of thioether (sulfide) groups is 1. The van der Waals surface area contributed by atoms with Crippen LogP contribution in [-0.2, 0) is 4.79 Å². The van der Waals surface area contributed by atoms with E-state index in [-0.39, 0.29) is 17.3 Å². The molecule has 0 heterocycles. The van der Waals surface area contributed by atoms with Crippen molar-refractivity contribution in [2.45, 2.75) is 26.2 Å². The van der Waals surface area contributed by atoms with Crippen molar-refractivity contribution >= 4 is 16.9 Å². The number of rotatable bonds is 4. The smallest absolute Gasteiger partial charge is 0.239 e. The Morgan fingerprint density at radius 2 is 2.20 bits per heavy atom. The molecule has 0 aliphatic rings. The van der Waals surface area contributed by atoms with Gasteiger partial charge in [-0.05, 0) is 0 Å². The SMILES string of the molecule is CCC(=O)SCCC(F)F. The Kier molecular flexibility index (Phi) is 5.58. The highest BCUT2D eigenvalue weighted by molar-refractivity contribution is 8.13. The van der Waals surface area contributed by atoms with Crippen LogP contribution in [-0.4, -0.2) is 17.3 Å². The molecule has 0 fully saturated rings. The van der Waals surface area contributed by atoms with Gasteiger partial charge in [-0.25, -0.2) is 8.78 Å². The molecular weight excluding hydrogens is 158 g/mol. The first-order valence-electron chi connectivity index (χ1n) is 3.10. The lowest BCUT2D eigenvalue weighted by molar-refractivity contribution is -0.110. The largest absolute Gasteiger partial charge is 0.287 e. The predicted molar refractivity (Wildman–Crippen MR) is 38.4 cm³/mol. The molecule has 0 saturated heterocycles. The van der Waals surface area contributed by atoms with E-state index in [0.717, 1.165) is 11.8 Å². The van der Waals surface area contributed by atoms with Crippen molar-refractivity contribution in [1.29, 1.82) is 0 Å². The van der Waals surface area contributed by atoms with E-state index in [1.54, 1.807) is 6.92 Å². The molecule has 0 aromatic carbocycles. The molecular formula is C6H10F2OS. The molecule has 60 valence electrons. The van der Waals surface area contributed by atoms with Crippen molar-refractivity contribution in [3.8, 4) is 0 Å². The third-order valence-corrected chi connectivity index (χ3v) is 1.94. The lowest BCUT2D eigenvalue weighted by Crippen LogP contribution is -1.95. The maximum atomic E-state index is 11.5. The van der Waals surface area contributed by atoms with Gasteiger partial charge in [0.05, 0.1) is 0 Å². The average Bonchev–Trinajstić information content (AvgIpc) is 1.87. The van der Waals surface area contributed by atoms with Gasteiger partial charge in [-0.2, -0.15) is 0 Å². The molecule has 1 nitrogen and oxygen atoms in total. The fraction of sp³-hybridized carbons (Fsp3) is 0.833. The summed E-state index contributed by atoms with van der Waals surface area (Å²) in [5, 5.41) is -0.0133. The van der Waals surface area contributed by atoms with Crippen LogP contribution in [0, 0.1) is 0 Å². The Hall–Kier alpha value is -0.120. The second-order valence-electron chi connectivity index (χ2n) is 1.75. The summed E-state index contributed by atoms with van der Waals surface area (Å²) in [6.45, 7) is 1.72. The monoisotopic (exact) mass is 168 g/mol. The van der Waals surface area contributed by atoms with Gasteiger partial charge in [-0.1, -0.05) is 18.7 Å². The second-order valence-corrected chi connectivity index (χ2v) is 2.91. The highest BCUT2D eigenvalue weighted by Gasteiger charge is 2.04. The van der Waals surface area contributed by atoms with Crippen LogP contribution in [0.2, 0.25) is 0 Å². The van der Waals surface area contributed by atoms with Gasteiger partial charge in [0.1, 0.15) is 0 Å². The van der Waals surface area contributed by atoms with Crippen LogP contribution in [0.1, 0.15) is 19.8 Å². The Balaban J connectivity index is 3.12. The Labute approximate surface area is 63.2 Å². The molecule has 0 aromatic rings. The second kappa shape index (κ2) is 5.65. The summed E-state index contributed by atoms with van der Waals surface area (Å²) < 4.78 is 22.9. The van der Waals surface area contributed by atoms with Crippen LogP contribution in [0.3, 0.4) is 0 Å². The van der Waals surface area contributed by atoms with E-state index in [0.29, 0.717) is 6.42 Å². The maximum absolute atomic E-state index is 11.5. The number of hydrogen-bond donors (Lipinski definition) is 0. The van der Waals surface area contributed by atoms with Crippen molar-refractivity contribution in [2.75, 3.05) is 5.75 Å². The van der Waals surface area contributed by atoms with Crippen LogP contribution < -0.4 is 0 Å². The average molecular weight is 168 g/mol. The molecule has 0 radical (unpaired) electrons. The normalized spacial score (nSPS) is 10.4. The van der Waals surface area contributed by atoms with Crippen molar-refractivity contribution in [2.24, 2.45) is 0 Å². The molecule has 0 aliphatic carbocycles. The van der Waals surface area contributed by atoms with E-state index in [4.69, 9.17) is 0 Å². The molecule has 0 spiro atoms. The maximum Gasteiger partial charge on any atom is 0.239 e. The number of hydrogen-bond acceptors (Lipinski definition) is 2. The molecule has 0 amide bonds. The van der Waals surface area contributed by atoms with Gasteiger partial charge in [-0.3, -0.25) is 4.79 Å². The molecule has 0 aromatic heterocycles. The van der Waals surface area contributed by atoms with Crippen molar-refractivity contribution < 1.29 is 13.6 Å². The minimum Gasteiger partial charge on any atom is -0.287 e. The Bertz CT molecular complexity index is 106. The molecule has 10 heavy (non-hydrogen) atoms. The van der Waals surface area contributed by atoms with Crippen LogP contribution in [0.5, 0.6) is 0 Å². The zero-order chi connectivity index (χ0) is 7.98. The molecule has 0 bridgehead atoms. The molecule has 0 unspecified atom stereocenters. The summed E-state index contributed by atoms with van der Waals surface area (Å²) in [6.07, 6.45) is -2.04. The Morgan fingerprint density at radius 1 is 1.60 bits per heavy atom. The molecule has 0 saturated carbocycles. The quantitative estimate of drug-likeness (QED) is 0.640. The van der Waals surface area contributed by atoms with Crippen LogP contribution in [0.15, 0.2) is 0 Å². The summed E-state index contributed by atoms with van der Waals surface area (Å²) in [5.74, 6) is 0.240. The minimum atomic E-state index is -2.28. The van der Waals surface area contributed by atoms with Crippen LogP contribution >= 0.6 is 11.8 Å². The summed E-state index contributed by atoms with van der Waals surface area (Å²) in [5.41, 5.74) is 0. The summed E-state index contributed by atoms with van der Waals surface area (Å²) >= 11 is 0.986. The summed E-state index contributed by atoms with van der Waals surface area (Å²) in [6, 6.07) is 0. The van der Waals surface area contributed by atoms with Gasteiger partial charge >= 0.3 is 0 Å². The molecule has 0 N–H and O–H groups in total. The highest BCUT2D eigenvalue weighted by atomic mass is 32.2. The number of carbonyl (C=O) groups is 1. The Morgan fingerprint density at radius 3 is 2.60 bits per heavy atom. The minimum absolute atomic E-state index is 0.0133. The van der Waals surface area contributed by atoms with Gasteiger partial charge in [0.25, 0.3) is 0 Å². The van der Waals surface area contributed by atoms with Crippen LogP contribution in [0.25, 0.3) is 0 Å². The molecule has 0 aliphatic heterocycles. The van der Waals surface area contributed by atoms with E-state index in [9.17, 15) is 13.6 Å². The fourth-order valence-electron chi connectivity index (χ4n) is 0.364. The third kappa shape index (κ3) is 6.01. The van der Waals surface area contributed by atoms with Gasteiger partial charge in [-0.15, -0.1) is 0 Å². The standard InChI is InChI=1S/C6H10F2OS/c1-2-6(9)10-4-3-5(7)8/h5H,2-4H2,1H3. The van der Waals surface area contributed by atoms with Crippen molar-refractivity contribution in [3.05, 3.63) is 0 Å². The number of alkyl halides is 2. The predicted octanol–water partition coefficient (Wildman–Crippen LogP) is 2.31. The van der Waals surface area contributed by atoms with E-state index < -0.39 is 6.43 Å². The highest BCUT2D eigenvalue weighted by Crippen LogP contribution is 2.10. The zero-order valence-electron chi connectivity index (χ0n) is 5.77. The number of carbonyl (C=O) groups excluding carboxylic acids is 1. The zero-order valence-corrected chi connectivity index (χ0v) is 6.59. The first-order chi connectivity index (χ1) is 4.66. The van der Waals surface area contributed by atoms with Gasteiger partial charge in [0.2, 0.25) is 6.43 Å². The van der Waals surface area contributed by atoms with Crippen molar-refractivity contribution in [1.82, 2.24) is 0 Å². The fourth-order valence-corrected chi connectivity index (χ4v) is 1.09. The van der Waals surface area contributed by atoms with Gasteiger partial charge < -0.3 is 0 Å². The summed E-state index contributed by atoms with van der Waals surface area (Å²) in [7, 11) is 0. The van der Waals surface area contributed by atoms with Crippen LogP contribution in [0.4, 0.5) is 8.78 Å². The molecule has 0 rings (SSSR count).